The molecule has 2 rings (SSSR count). The maximum Gasteiger partial charge on any atom is 0.306 e. The van der Waals surface area contributed by atoms with Crippen LogP contribution >= 0.6 is 22.6 Å². The van der Waals surface area contributed by atoms with Crippen molar-refractivity contribution in [2.45, 2.75) is 32.2 Å². The van der Waals surface area contributed by atoms with Crippen LogP contribution in [-0.2, 0) is 4.79 Å². The van der Waals surface area contributed by atoms with E-state index in [1.807, 2.05) is 19.1 Å². The van der Waals surface area contributed by atoms with E-state index in [0.29, 0.717) is 18.4 Å². The number of carbonyl (C=O) groups is 2. The number of hydrogen-bond acceptors (Lipinski definition) is 2. The fourth-order valence-corrected chi connectivity index (χ4v) is 3.03. The average molecular weight is 373 g/mol. The first-order valence-electron chi connectivity index (χ1n) is 6.28. The predicted octanol–water partition coefficient (Wildman–Crippen LogP) is 2.58. The number of carboxylic acids is 1. The quantitative estimate of drug-likeness (QED) is 0.801. The van der Waals surface area contributed by atoms with E-state index in [1.165, 1.54) is 0 Å². The van der Waals surface area contributed by atoms with E-state index in [2.05, 4.69) is 27.9 Å². The van der Waals surface area contributed by atoms with E-state index >= 15 is 0 Å². The third-order valence-electron chi connectivity index (χ3n) is 3.55. The highest BCUT2D eigenvalue weighted by Crippen LogP contribution is 2.26. The van der Waals surface area contributed by atoms with Gasteiger partial charge in [-0.15, -0.1) is 0 Å². The second-order valence-electron chi connectivity index (χ2n) is 4.96. The van der Waals surface area contributed by atoms with Crippen molar-refractivity contribution in [3.63, 3.8) is 0 Å². The molecule has 1 amide bonds. The molecule has 0 saturated heterocycles. The number of amides is 1. The van der Waals surface area contributed by atoms with Crippen LogP contribution in [0.1, 0.15) is 35.2 Å². The number of nitrogens with one attached hydrogen (secondary N) is 1. The Balaban J connectivity index is 2.02. The molecule has 5 heteroatoms. The van der Waals surface area contributed by atoms with Crippen molar-refractivity contribution in [2.24, 2.45) is 5.92 Å². The lowest BCUT2D eigenvalue weighted by atomic mass is 10.1. The number of rotatable bonds is 3. The predicted molar refractivity (Wildman–Crippen MR) is 80.1 cm³/mol. The van der Waals surface area contributed by atoms with Gasteiger partial charge in [0, 0.05) is 9.61 Å². The van der Waals surface area contributed by atoms with Crippen molar-refractivity contribution in [2.75, 3.05) is 0 Å². The molecule has 1 aliphatic carbocycles. The van der Waals surface area contributed by atoms with Gasteiger partial charge in [-0.05, 0) is 60.4 Å². The normalized spacial score (nSPS) is 22.2. The van der Waals surface area contributed by atoms with E-state index < -0.39 is 5.97 Å². The van der Waals surface area contributed by atoms with Gasteiger partial charge in [0.15, 0.2) is 0 Å². The molecule has 0 heterocycles. The van der Waals surface area contributed by atoms with Crippen LogP contribution in [0.5, 0.6) is 0 Å². The topological polar surface area (TPSA) is 66.4 Å². The van der Waals surface area contributed by atoms with Crippen LogP contribution in [0.4, 0.5) is 0 Å². The molecule has 1 saturated carbocycles. The van der Waals surface area contributed by atoms with Crippen LogP contribution in [0.2, 0.25) is 0 Å². The van der Waals surface area contributed by atoms with Gasteiger partial charge >= 0.3 is 5.97 Å². The van der Waals surface area contributed by atoms with Crippen LogP contribution < -0.4 is 5.32 Å². The minimum Gasteiger partial charge on any atom is -0.481 e. The monoisotopic (exact) mass is 373 g/mol. The van der Waals surface area contributed by atoms with Crippen LogP contribution in [0, 0.1) is 16.4 Å². The lowest BCUT2D eigenvalue weighted by molar-refractivity contribution is -0.141. The first kappa shape index (κ1) is 14.3. The van der Waals surface area contributed by atoms with Crippen molar-refractivity contribution in [3.05, 3.63) is 32.9 Å². The molecule has 0 radical (unpaired) electrons. The molecule has 1 fully saturated rings. The van der Waals surface area contributed by atoms with Crippen LogP contribution in [0.15, 0.2) is 18.2 Å². The highest BCUT2D eigenvalue weighted by Gasteiger charge is 2.30. The van der Waals surface area contributed by atoms with Crippen molar-refractivity contribution in [1.29, 1.82) is 0 Å². The molecule has 2 unspecified atom stereocenters. The smallest absolute Gasteiger partial charge is 0.306 e. The summed E-state index contributed by atoms with van der Waals surface area (Å²) in [6.07, 6.45) is 1.92. The van der Waals surface area contributed by atoms with Crippen molar-refractivity contribution < 1.29 is 14.7 Å². The lowest BCUT2D eigenvalue weighted by Gasteiger charge is -2.14. The van der Waals surface area contributed by atoms with Gasteiger partial charge < -0.3 is 10.4 Å². The lowest BCUT2D eigenvalue weighted by Crippen LogP contribution is -2.33. The van der Waals surface area contributed by atoms with Crippen LogP contribution in [-0.4, -0.2) is 23.0 Å². The van der Waals surface area contributed by atoms with E-state index in [0.717, 1.165) is 15.6 Å². The number of carbonyl (C=O) groups excluding carboxylic acids is 1. The highest BCUT2D eigenvalue weighted by atomic mass is 127. The van der Waals surface area contributed by atoms with Crippen molar-refractivity contribution in [3.8, 4) is 0 Å². The van der Waals surface area contributed by atoms with Crippen molar-refractivity contribution in [1.82, 2.24) is 5.32 Å². The summed E-state index contributed by atoms with van der Waals surface area (Å²) in [6, 6.07) is 5.61. The molecule has 1 aliphatic rings. The Kier molecular flexibility index (Phi) is 4.44. The zero-order chi connectivity index (χ0) is 14.0. The Morgan fingerprint density at radius 2 is 2.11 bits per heavy atom. The number of carboxylic acid groups (broad SMARTS) is 1. The van der Waals surface area contributed by atoms with E-state index in [-0.39, 0.29) is 17.9 Å². The molecule has 0 aliphatic heterocycles. The van der Waals surface area contributed by atoms with Gasteiger partial charge in [-0.25, -0.2) is 0 Å². The molecule has 1 aromatic carbocycles. The number of aliphatic carboxylic acids is 1. The van der Waals surface area contributed by atoms with Crippen molar-refractivity contribution >= 4 is 34.5 Å². The zero-order valence-corrected chi connectivity index (χ0v) is 12.8. The molecule has 2 N–H and O–H groups in total. The Hall–Kier alpha value is -1.11. The summed E-state index contributed by atoms with van der Waals surface area (Å²) in [5.41, 5.74) is 1.74. The summed E-state index contributed by atoms with van der Waals surface area (Å²) in [7, 11) is 0. The number of hydrogen-bond donors (Lipinski definition) is 2. The first-order valence-corrected chi connectivity index (χ1v) is 7.35. The second-order valence-corrected chi connectivity index (χ2v) is 6.03. The molecule has 102 valence electrons. The Morgan fingerprint density at radius 1 is 1.37 bits per heavy atom. The minimum atomic E-state index is -0.762. The number of benzene rings is 1. The fraction of sp³-hybridized carbons (Fsp3) is 0.429. The Labute approximate surface area is 125 Å². The maximum atomic E-state index is 12.2. The van der Waals surface area contributed by atoms with Crippen LogP contribution in [0.3, 0.4) is 0 Å². The summed E-state index contributed by atoms with van der Waals surface area (Å²) in [4.78, 5) is 23.1. The third kappa shape index (κ3) is 3.26. The Bertz CT molecular complexity index is 515. The minimum absolute atomic E-state index is 0.0232. The molecule has 0 aromatic heterocycles. The molecule has 4 nitrogen and oxygen atoms in total. The summed E-state index contributed by atoms with van der Waals surface area (Å²) in [5.74, 6) is -1.19. The van der Waals surface area contributed by atoms with E-state index in [4.69, 9.17) is 5.11 Å². The summed E-state index contributed by atoms with van der Waals surface area (Å²) >= 11 is 2.17. The number of aryl methyl sites for hydroxylation is 1. The summed E-state index contributed by atoms with van der Waals surface area (Å²) in [5, 5.41) is 11.9. The van der Waals surface area contributed by atoms with Crippen LogP contribution in [0.25, 0.3) is 0 Å². The van der Waals surface area contributed by atoms with Gasteiger partial charge in [-0.1, -0.05) is 12.1 Å². The number of halogens is 1. The third-order valence-corrected chi connectivity index (χ3v) is 4.99. The molecule has 2 atom stereocenters. The molecule has 0 spiro atoms. The zero-order valence-electron chi connectivity index (χ0n) is 10.6. The Morgan fingerprint density at radius 3 is 2.74 bits per heavy atom. The molecule has 1 aromatic rings. The van der Waals surface area contributed by atoms with E-state index in [9.17, 15) is 9.59 Å². The molecule has 0 bridgehead atoms. The SMILES string of the molecule is Cc1cccc(C(=O)NC2CCC(C(=O)O)C2)c1I. The van der Waals surface area contributed by atoms with E-state index in [1.54, 1.807) is 6.07 Å². The fourth-order valence-electron chi connectivity index (χ4n) is 2.42. The second kappa shape index (κ2) is 5.90. The van der Waals surface area contributed by atoms with Gasteiger partial charge in [-0.3, -0.25) is 9.59 Å². The standard InChI is InChI=1S/C14H16INO3/c1-8-3-2-4-11(12(8)15)13(17)16-10-6-5-9(7-10)14(18)19/h2-4,9-10H,5-7H2,1H3,(H,16,17)(H,18,19). The van der Waals surface area contributed by atoms with Gasteiger partial charge in [0.2, 0.25) is 0 Å². The molecular formula is C14H16INO3. The maximum absolute atomic E-state index is 12.2. The molecular weight excluding hydrogens is 357 g/mol. The van der Waals surface area contributed by atoms with Gasteiger partial charge in [0.1, 0.15) is 0 Å². The summed E-state index contributed by atoms with van der Waals surface area (Å²) in [6.45, 7) is 1.97. The molecule has 19 heavy (non-hydrogen) atoms. The first-order chi connectivity index (χ1) is 8.99. The van der Waals surface area contributed by atoms with Gasteiger partial charge in [0.05, 0.1) is 11.5 Å². The van der Waals surface area contributed by atoms with Gasteiger partial charge in [0.25, 0.3) is 5.91 Å². The highest BCUT2D eigenvalue weighted by molar-refractivity contribution is 14.1. The van der Waals surface area contributed by atoms with Gasteiger partial charge in [-0.2, -0.15) is 0 Å². The largest absolute Gasteiger partial charge is 0.481 e. The average Bonchev–Trinajstić information content (AvgIpc) is 2.81. The summed E-state index contributed by atoms with van der Waals surface area (Å²) < 4.78 is 0.949.